The third kappa shape index (κ3) is 8.04. The first-order valence-electron chi connectivity index (χ1n) is 29.2. The standard InChI is InChI=1S/C81H67N/c1-78(2,3)60-50-56(51-61(52-60)79(4,5)6)65-37-23-26-55-27-24-39-69(76(55)65)68-35-19-22-43-75(68)82(63-48-49-67-66-34-17-21-41-72(66)81(74(67)53-63,58-30-13-9-14-31-58)59-32-15-10-16-33-59)62-46-44-54(45-47-62)64-38-25-42-73-77(64)70-36-18-20-40-71(70)80(73,7)57-28-11-8-12-29-57/h8-53H,1-7H3. The lowest BCUT2D eigenvalue weighted by molar-refractivity contribution is 0.569. The van der Waals surface area contributed by atoms with Gasteiger partial charge in [-0.25, -0.2) is 0 Å². The monoisotopic (exact) mass is 1050 g/mol. The maximum atomic E-state index is 2.53. The van der Waals surface area contributed by atoms with E-state index in [0.717, 1.165) is 22.6 Å². The minimum atomic E-state index is -0.574. The summed E-state index contributed by atoms with van der Waals surface area (Å²) >= 11 is 0. The van der Waals surface area contributed by atoms with Gasteiger partial charge in [-0.2, -0.15) is 0 Å². The van der Waals surface area contributed by atoms with E-state index in [0.29, 0.717) is 0 Å². The van der Waals surface area contributed by atoms with Gasteiger partial charge >= 0.3 is 0 Å². The fraction of sp³-hybridized carbons (Fsp3) is 0.136. The summed E-state index contributed by atoms with van der Waals surface area (Å²) in [4.78, 5) is 2.53. The predicted molar refractivity (Wildman–Crippen MR) is 347 cm³/mol. The van der Waals surface area contributed by atoms with Crippen molar-refractivity contribution in [1.29, 1.82) is 0 Å². The number of nitrogens with zero attached hydrogens (tertiary/aromatic N) is 1. The summed E-state index contributed by atoms with van der Waals surface area (Å²) in [6, 6.07) is 105. The Balaban J connectivity index is 1.00. The highest BCUT2D eigenvalue weighted by Gasteiger charge is 2.47. The fourth-order valence-corrected chi connectivity index (χ4v) is 14.0. The Kier molecular flexibility index (Phi) is 12.1. The van der Waals surface area contributed by atoms with Crippen LogP contribution in [0.15, 0.2) is 279 Å². The fourth-order valence-electron chi connectivity index (χ4n) is 14.0. The quantitative estimate of drug-likeness (QED) is 0.139. The van der Waals surface area contributed by atoms with Crippen molar-refractivity contribution in [2.45, 2.75) is 70.1 Å². The molecule has 0 saturated heterocycles. The van der Waals surface area contributed by atoms with Crippen LogP contribution in [0.3, 0.4) is 0 Å². The van der Waals surface area contributed by atoms with Gasteiger partial charge in [-0.1, -0.05) is 290 Å². The van der Waals surface area contributed by atoms with E-state index >= 15 is 0 Å². The van der Waals surface area contributed by atoms with Gasteiger partial charge in [0.05, 0.1) is 11.1 Å². The van der Waals surface area contributed by atoms with Crippen LogP contribution in [-0.2, 0) is 21.7 Å². The van der Waals surface area contributed by atoms with Gasteiger partial charge in [0, 0.05) is 22.4 Å². The Labute approximate surface area is 484 Å². The van der Waals surface area contributed by atoms with Crippen molar-refractivity contribution in [3.05, 3.63) is 329 Å². The molecule has 1 atom stereocenters. The summed E-state index contributed by atoms with van der Waals surface area (Å²) < 4.78 is 0. The van der Waals surface area contributed by atoms with Gasteiger partial charge in [0.2, 0.25) is 0 Å². The van der Waals surface area contributed by atoms with Crippen LogP contribution in [0.5, 0.6) is 0 Å². The Morgan fingerprint density at radius 2 is 0.780 bits per heavy atom. The maximum Gasteiger partial charge on any atom is 0.0714 e. The van der Waals surface area contributed by atoms with E-state index in [2.05, 4.69) is 332 Å². The average molecular weight is 1050 g/mol. The Morgan fingerprint density at radius 3 is 1.41 bits per heavy atom. The molecule has 12 aromatic rings. The normalized spacial score (nSPS) is 14.9. The number of hydrogen-bond donors (Lipinski definition) is 0. The van der Waals surface area contributed by atoms with Gasteiger partial charge < -0.3 is 4.90 Å². The number of para-hydroxylation sites is 1. The van der Waals surface area contributed by atoms with Crippen LogP contribution >= 0.6 is 0 Å². The summed E-state index contributed by atoms with van der Waals surface area (Å²) in [5, 5.41) is 2.46. The first-order chi connectivity index (χ1) is 39.8. The molecule has 0 spiro atoms. The highest BCUT2D eigenvalue weighted by Crippen LogP contribution is 2.59. The van der Waals surface area contributed by atoms with E-state index in [1.54, 1.807) is 0 Å². The van der Waals surface area contributed by atoms with Crippen LogP contribution < -0.4 is 4.90 Å². The van der Waals surface area contributed by atoms with E-state index in [4.69, 9.17) is 0 Å². The Hall–Kier alpha value is -9.30. The number of anilines is 3. The number of hydrogen-bond acceptors (Lipinski definition) is 1. The van der Waals surface area contributed by atoms with Crippen LogP contribution in [0, 0.1) is 0 Å². The lowest BCUT2D eigenvalue weighted by atomic mass is 9.67. The van der Waals surface area contributed by atoms with E-state index in [1.165, 1.54) is 111 Å². The molecule has 0 heterocycles. The van der Waals surface area contributed by atoms with Gasteiger partial charge in [-0.3, -0.25) is 0 Å². The average Bonchev–Trinajstić information content (AvgIpc) is 1.84. The van der Waals surface area contributed by atoms with Gasteiger partial charge in [-0.05, 0) is 159 Å². The minimum Gasteiger partial charge on any atom is -0.310 e. The van der Waals surface area contributed by atoms with Crippen molar-refractivity contribution in [1.82, 2.24) is 0 Å². The van der Waals surface area contributed by atoms with Gasteiger partial charge in [0.25, 0.3) is 0 Å². The van der Waals surface area contributed by atoms with Crippen LogP contribution in [-0.4, -0.2) is 0 Å². The van der Waals surface area contributed by atoms with E-state index in [9.17, 15) is 0 Å². The second kappa shape index (κ2) is 19.5. The summed E-state index contributed by atoms with van der Waals surface area (Å²) in [6.45, 7) is 16.4. The molecule has 1 heteroatoms. The predicted octanol–water partition coefficient (Wildman–Crippen LogP) is 21.6. The molecule has 0 bridgehead atoms. The van der Waals surface area contributed by atoms with Crippen molar-refractivity contribution >= 4 is 27.8 Å². The minimum absolute atomic E-state index is 0.0320. The van der Waals surface area contributed by atoms with Crippen molar-refractivity contribution in [2.24, 2.45) is 0 Å². The Morgan fingerprint density at radius 1 is 0.305 bits per heavy atom. The molecule has 0 saturated carbocycles. The molecule has 2 aliphatic carbocycles. The molecule has 0 aromatic heterocycles. The van der Waals surface area contributed by atoms with Crippen LogP contribution in [0.25, 0.3) is 66.4 Å². The zero-order valence-corrected chi connectivity index (χ0v) is 48.0. The molecule has 396 valence electrons. The summed E-state index contributed by atoms with van der Waals surface area (Å²) in [5.41, 5.74) is 26.4. The largest absolute Gasteiger partial charge is 0.310 e. The van der Waals surface area contributed by atoms with Crippen LogP contribution in [0.2, 0.25) is 0 Å². The molecule has 0 amide bonds. The van der Waals surface area contributed by atoms with Crippen LogP contribution in [0.1, 0.15) is 98.5 Å². The SMILES string of the molecule is CC(C)(C)c1cc(-c2cccc3cccc(-c4ccccc4N(c4ccc(-c5cccc6c5-c5ccccc5C6(C)c5ccccc5)cc4)c4ccc5c(c4)C(c4ccccc4)(c4ccccc4)c4ccccc4-5)c23)cc(C(C)(C)C)c1. The zero-order valence-electron chi connectivity index (χ0n) is 48.0. The first-order valence-corrected chi connectivity index (χ1v) is 29.2. The molecule has 0 fully saturated rings. The summed E-state index contributed by atoms with van der Waals surface area (Å²) in [5.74, 6) is 0. The third-order valence-corrected chi connectivity index (χ3v) is 18.1. The third-order valence-electron chi connectivity index (χ3n) is 18.1. The first kappa shape index (κ1) is 50.9. The highest BCUT2D eigenvalue weighted by atomic mass is 15.1. The molecule has 0 N–H and O–H groups in total. The van der Waals surface area contributed by atoms with Crippen molar-refractivity contribution in [3.8, 4) is 55.6 Å². The van der Waals surface area contributed by atoms with Gasteiger partial charge in [0.15, 0.2) is 0 Å². The molecule has 2 aliphatic rings. The summed E-state index contributed by atoms with van der Waals surface area (Å²) in [7, 11) is 0. The molecule has 0 radical (unpaired) electrons. The van der Waals surface area contributed by atoms with Crippen LogP contribution in [0.4, 0.5) is 17.1 Å². The van der Waals surface area contributed by atoms with Gasteiger partial charge in [0.1, 0.15) is 0 Å². The molecule has 82 heavy (non-hydrogen) atoms. The lowest BCUT2D eigenvalue weighted by Crippen LogP contribution is -2.28. The molecule has 1 unspecified atom stereocenters. The summed E-state index contributed by atoms with van der Waals surface area (Å²) in [6.07, 6.45) is 0. The molecule has 1 nitrogen and oxygen atoms in total. The van der Waals surface area contributed by atoms with Gasteiger partial charge in [-0.15, -0.1) is 0 Å². The van der Waals surface area contributed by atoms with E-state index < -0.39 is 5.41 Å². The highest BCUT2D eigenvalue weighted by molar-refractivity contribution is 6.09. The number of rotatable bonds is 9. The van der Waals surface area contributed by atoms with E-state index in [-0.39, 0.29) is 16.2 Å². The van der Waals surface area contributed by atoms with Crippen molar-refractivity contribution in [2.75, 3.05) is 4.90 Å². The smallest absolute Gasteiger partial charge is 0.0714 e. The second-order valence-electron chi connectivity index (χ2n) is 24.9. The zero-order chi connectivity index (χ0) is 56.0. The number of fused-ring (bicyclic) bond motifs is 7. The topological polar surface area (TPSA) is 3.24 Å². The lowest BCUT2D eigenvalue weighted by Gasteiger charge is -2.35. The Bertz CT molecular complexity index is 4320. The molecule has 12 aromatic carbocycles. The van der Waals surface area contributed by atoms with Crippen molar-refractivity contribution < 1.29 is 0 Å². The van der Waals surface area contributed by atoms with E-state index in [1.807, 2.05) is 0 Å². The molecule has 14 rings (SSSR count). The molecular weight excluding hydrogens is 987 g/mol. The second-order valence-corrected chi connectivity index (χ2v) is 24.9. The molecule has 0 aliphatic heterocycles. The number of benzene rings is 12. The molecular formula is C81H67N. The van der Waals surface area contributed by atoms with Crippen molar-refractivity contribution in [3.63, 3.8) is 0 Å². The maximum absolute atomic E-state index is 2.53.